The molecule has 0 bridgehead atoms. The van der Waals surface area contributed by atoms with Gasteiger partial charge in [0.15, 0.2) is 5.65 Å². The Hall–Kier alpha value is -2.69. The number of allylic oxidation sites excluding steroid dienone is 2. The van der Waals surface area contributed by atoms with Gasteiger partial charge in [-0.05, 0) is 37.3 Å². The smallest absolute Gasteiger partial charge is 0.272 e. The lowest BCUT2D eigenvalue weighted by Crippen LogP contribution is -2.16. The quantitative estimate of drug-likeness (QED) is 0.754. The summed E-state index contributed by atoms with van der Waals surface area (Å²) in [6.45, 7) is 0. The SMILES string of the molecule is O=c1cc(CC2C=CCC2)nc2cc(-c3cccc(F)c3)[nH]n12. The molecule has 2 heterocycles. The van der Waals surface area contributed by atoms with Crippen LogP contribution in [0.2, 0.25) is 0 Å². The summed E-state index contributed by atoms with van der Waals surface area (Å²) in [5, 5.41) is 2.99. The molecule has 1 aliphatic carbocycles. The molecule has 4 rings (SSSR count). The third-order valence-corrected chi connectivity index (χ3v) is 4.22. The standard InChI is InChI=1S/C18H16FN3O/c19-14-7-3-6-13(9-14)16-11-17-20-15(8-12-4-1-2-5-12)10-18(23)22(17)21-16/h1,3-4,6-7,9-12,21H,2,5,8H2. The van der Waals surface area contributed by atoms with Crippen LogP contribution in [0.3, 0.4) is 0 Å². The zero-order chi connectivity index (χ0) is 15.8. The van der Waals surface area contributed by atoms with E-state index in [1.807, 2.05) is 0 Å². The summed E-state index contributed by atoms with van der Waals surface area (Å²) in [4.78, 5) is 16.9. The Labute approximate surface area is 132 Å². The Morgan fingerprint density at radius 3 is 3.00 bits per heavy atom. The molecule has 0 amide bonds. The molecule has 116 valence electrons. The highest BCUT2D eigenvalue weighted by molar-refractivity contribution is 5.64. The van der Waals surface area contributed by atoms with Gasteiger partial charge in [0.25, 0.3) is 5.56 Å². The van der Waals surface area contributed by atoms with Crippen molar-refractivity contribution in [1.29, 1.82) is 0 Å². The van der Waals surface area contributed by atoms with Crippen LogP contribution < -0.4 is 5.56 Å². The van der Waals surface area contributed by atoms with Crippen molar-refractivity contribution >= 4 is 5.65 Å². The van der Waals surface area contributed by atoms with Gasteiger partial charge < -0.3 is 0 Å². The Balaban J connectivity index is 1.74. The normalized spacial score (nSPS) is 17.2. The van der Waals surface area contributed by atoms with E-state index in [2.05, 4.69) is 22.2 Å². The van der Waals surface area contributed by atoms with E-state index in [0.717, 1.165) is 25.0 Å². The third-order valence-electron chi connectivity index (χ3n) is 4.22. The van der Waals surface area contributed by atoms with Crippen LogP contribution in [-0.2, 0) is 6.42 Å². The highest BCUT2D eigenvalue weighted by Crippen LogP contribution is 2.22. The maximum Gasteiger partial charge on any atom is 0.272 e. The minimum atomic E-state index is -0.310. The maximum absolute atomic E-state index is 13.4. The minimum absolute atomic E-state index is 0.144. The molecule has 1 aliphatic rings. The van der Waals surface area contributed by atoms with Gasteiger partial charge in [-0.1, -0.05) is 24.3 Å². The molecule has 0 spiro atoms. The van der Waals surface area contributed by atoms with Crippen LogP contribution in [0.15, 0.2) is 53.3 Å². The largest absolute Gasteiger partial charge is 0.289 e. The lowest BCUT2D eigenvalue weighted by molar-refractivity contribution is 0.619. The predicted octanol–water partition coefficient (Wildman–Crippen LogP) is 3.34. The first-order valence-corrected chi connectivity index (χ1v) is 7.73. The van der Waals surface area contributed by atoms with E-state index in [1.54, 1.807) is 24.3 Å². The highest BCUT2D eigenvalue weighted by atomic mass is 19.1. The molecule has 1 aromatic carbocycles. The zero-order valence-corrected chi connectivity index (χ0v) is 12.5. The van der Waals surface area contributed by atoms with Crippen molar-refractivity contribution in [3.8, 4) is 11.3 Å². The van der Waals surface area contributed by atoms with Crippen molar-refractivity contribution in [3.63, 3.8) is 0 Å². The van der Waals surface area contributed by atoms with Gasteiger partial charge in [-0.25, -0.2) is 13.9 Å². The molecule has 2 aromatic heterocycles. The number of benzene rings is 1. The molecule has 0 radical (unpaired) electrons. The fourth-order valence-corrected chi connectivity index (χ4v) is 3.08. The van der Waals surface area contributed by atoms with Crippen LogP contribution in [0.4, 0.5) is 4.39 Å². The van der Waals surface area contributed by atoms with Crippen molar-refractivity contribution in [2.45, 2.75) is 19.3 Å². The van der Waals surface area contributed by atoms with E-state index < -0.39 is 0 Å². The average Bonchev–Trinajstić information content (AvgIpc) is 3.17. The van der Waals surface area contributed by atoms with Crippen molar-refractivity contribution < 1.29 is 4.39 Å². The number of aromatic amines is 1. The number of rotatable bonds is 3. The van der Waals surface area contributed by atoms with E-state index in [1.165, 1.54) is 16.6 Å². The Bertz CT molecular complexity index is 954. The van der Waals surface area contributed by atoms with Gasteiger partial charge in [0.2, 0.25) is 0 Å². The molecule has 5 heteroatoms. The second-order valence-corrected chi connectivity index (χ2v) is 5.93. The molecule has 0 aliphatic heterocycles. The number of H-pyrrole nitrogens is 1. The van der Waals surface area contributed by atoms with Crippen LogP contribution in [0.5, 0.6) is 0 Å². The molecule has 1 N–H and O–H groups in total. The Morgan fingerprint density at radius 1 is 1.30 bits per heavy atom. The molecule has 1 unspecified atom stereocenters. The van der Waals surface area contributed by atoms with Crippen molar-refractivity contribution in [3.05, 3.63) is 70.4 Å². The third kappa shape index (κ3) is 2.70. The fourth-order valence-electron chi connectivity index (χ4n) is 3.08. The van der Waals surface area contributed by atoms with Gasteiger partial charge in [0.1, 0.15) is 5.82 Å². The Morgan fingerprint density at radius 2 is 2.22 bits per heavy atom. The molecule has 0 saturated heterocycles. The predicted molar refractivity (Wildman–Crippen MR) is 86.8 cm³/mol. The number of aromatic nitrogens is 3. The number of nitrogens with zero attached hydrogens (tertiary/aromatic N) is 2. The van der Waals surface area contributed by atoms with E-state index in [0.29, 0.717) is 22.8 Å². The van der Waals surface area contributed by atoms with Gasteiger partial charge in [0.05, 0.1) is 5.69 Å². The van der Waals surface area contributed by atoms with E-state index in [4.69, 9.17) is 0 Å². The van der Waals surface area contributed by atoms with Crippen molar-refractivity contribution in [1.82, 2.24) is 14.6 Å². The lowest BCUT2D eigenvalue weighted by Gasteiger charge is -2.06. The highest BCUT2D eigenvalue weighted by Gasteiger charge is 2.13. The number of nitrogens with one attached hydrogen (secondary N) is 1. The second-order valence-electron chi connectivity index (χ2n) is 5.93. The van der Waals surface area contributed by atoms with Crippen LogP contribution in [-0.4, -0.2) is 14.6 Å². The number of halogens is 1. The molecule has 23 heavy (non-hydrogen) atoms. The van der Waals surface area contributed by atoms with Crippen LogP contribution in [0.1, 0.15) is 18.5 Å². The number of fused-ring (bicyclic) bond motifs is 1. The summed E-state index contributed by atoms with van der Waals surface area (Å²) in [5.41, 5.74) is 2.59. The van der Waals surface area contributed by atoms with Gasteiger partial charge in [0, 0.05) is 23.4 Å². The molecular weight excluding hydrogens is 293 g/mol. The zero-order valence-electron chi connectivity index (χ0n) is 12.5. The summed E-state index contributed by atoms with van der Waals surface area (Å²) in [5.74, 6) is 0.154. The molecule has 0 fully saturated rings. The molecule has 1 atom stereocenters. The minimum Gasteiger partial charge on any atom is -0.289 e. The van der Waals surface area contributed by atoms with E-state index in [9.17, 15) is 9.18 Å². The number of hydrogen-bond donors (Lipinski definition) is 1. The molecule has 4 nitrogen and oxygen atoms in total. The lowest BCUT2D eigenvalue weighted by atomic mass is 10.0. The van der Waals surface area contributed by atoms with Crippen LogP contribution >= 0.6 is 0 Å². The topological polar surface area (TPSA) is 50.2 Å². The summed E-state index contributed by atoms with van der Waals surface area (Å²) >= 11 is 0. The van der Waals surface area contributed by atoms with E-state index in [-0.39, 0.29) is 11.4 Å². The van der Waals surface area contributed by atoms with Crippen molar-refractivity contribution in [2.75, 3.05) is 0 Å². The van der Waals surface area contributed by atoms with Crippen LogP contribution in [0, 0.1) is 11.7 Å². The summed E-state index contributed by atoms with van der Waals surface area (Å²) in [7, 11) is 0. The average molecular weight is 309 g/mol. The second kappa shape index (κ2) is 5.50. The van der Waals surface area contributed by atoms with Crippen molar-refractivity contribution in [2.24, 2.45) is 5.92 Å². The first-order valence-electron chi connectivity index (χ1n) is 7.73. The summed E-state index contributed by atoms with van der Waals surface area (Å²) < 4.78 is 14.8. The molecule has 3 aromatic rings. The first-order chi connectivity index (χ1) is 11.2. The van der Waals surface area contributed by atoms with Gasteiger partial charge in [-0.2, -0.15) is 0 Å². The first kappa shape index (κ1) is 13.9. The Kier molecular flexibility index (Phi) is 3.33. The summed E-state index contributed by atoms with van der Waals surface area (Å²) in [6, 6.07) is 9.62. The van der Waals surface area contributed by atoms with E-state index >= 15 is 0 Å². The van der Waals surface area contributed by atoms with Gasteiger partial charge >= 0.3 is 0 Å². The molecule has 0 saturated carbocycles. The molecular formula is C18H16FN3O. The number of hydrogen-bond acceptors (Lipinski definition) is 2. The summed E-state index contributed by atoms with van der Waals surface area (Å²) in [6.07, 6.45) is 7.36. The van der Waals surface area contributed by atoms with Gasteiger partial charge in [-0.15, -0.1) is 0 Å². The monoisotopic (exact) mass is 309 g/mol. The van der Waals surface area contributed by atoms with Gasteiger partial charge in [-0.3, -0.25) is 9.89 Å². The maximum atomic E-state index is 13.4. The van der Waals surface area contributed by atoms with Crippen LogP contribution in [0.25, 0.3) is 16.9 Å². The fraction of sp³-hybridized carbons (Fsp3) is 0.222.